The number of nitrogens with one attached hydrogen (secondary N) is 1. The van der Waals surface area contributed by atoms with E-state index in [0.29, 0.717) is 13.1 Å². The van der Waals surface area contributed by atoms with Gasteiger partial charge in [0.05, 0.1) is 7.11 Å². The van der Waals surface area contributed by atoms with Gasteiger partial charge in [0.25, 0.3) is 0 Å². The minimum Gasteiger partial charge on any atom is -0.504 e. The smallest absolute Gasteiger partial charge is 0.408 e. The molecular weight excluding hydrogens is 273 g/mol. The van der Waals surface area contributed by atoms with Crippen LogP contribution in [0.15, 0.2) is 18.2 Å². The second-order valence-electron chi connectivity index (χ2n) is 4.63. The second kappa shape index (κ2) is 5.88. The maximum atomic E-state index is 13.4. The van der Waals surface area contributed by atoms with E-state index in [0.717, 1.165) is 0 Å². The molecule has 1 aromatic rings. The van der Waals surface area contributed by atoms with Crippen molar-refractivity contribution in [2.45, 2.75) is 12.2 Å². The summed E-state index contributed by atoms with van der Waals surface area (Å²) in [7, 11) is 1.31. The number of alkyl halides is 3. The van der Waals surface area contributed by atoms with E-state index in [2.05, 4.69) is 5.32 Å². The standard InChI is InChI=1S/C13H17F3N2O2/c1-20-10-4-2-3-9(11(10)19)12(13(14,15)16)18-7-5-17-6-8-18/h2-4,12,17,19H,5-8H2,1H3/t12-/m1/s1. The number of phenols is 1. The Bertz CT molecular complexity index is 459. The highest BCUT2D eigenvalue weighted by atomic mass is 19.4. The fourth-order valence-electron chi connectivity index (χ4n) is 2.45. The van der Waals surface area contributed by atoms with Crippen LogP contribution in [0.5, 0.6) is 11.5 Å². The number of hydrogen-bond acceptors (Lipinski definition) is 4. The zero-order valence-electron chi connectivity index (χ0n) is 11.1. The third-order valence-corrected chi connectivity index (χ3v) is 3.37. The lowest BCUT2D eigenvalue weighted by molar-refractivity contribution is -0.188. The van der Waals surface area contributed by atoms with Crippen molar-refractivity contribution in [2.75, 3.05) is 33.3 Å². The van der Waals surface area contributed by atoms with Crippen molar-refractivity contribution in [2.24, 2.45) is 0 Å². The van der Waals surface area contributed by atoms with Crippen molar-refractivity contribution < 1.29 is 23.0 Å². The minimum atomic E-state index is -4.46. The SMILES string of the molecule is COc1cccc([C@@H](N2CCNCC2)C(F)(F)F)c1O. The van der Waals surface area contributed by atoms with E-state index in [1.54, 1.807) is 0 Å². The van der Waals surface area contributed by atoms with Crippen molar-refractivity contribution in [3.8, 4) is 11.5 Å². The van der Waals surface area contributed by atoms with Gasteiger partial charge >= 0.3 is 6.18 Å². The Labute approximate surface area is 115 Å². The van der Waals surface area contributed by atoms with Gasteiger partial charge in [-0.25, -0.2) is 0 Å². The minimum absolute atomic E-state index is 0.0480. The van der Waals surface area contributed by atoms with Crippen LogP contribution < -0.4 is 10.1 Å². The Hall–Kier alpha value is -1.47. The Balaban J connectivity index is 2.41. The summed E-state index contributed by atoms with van der Waals surface area (Å²) in [4.78, 5) is 1.32. The maximum Gasteiger partial charge on any atom is 0.408 e. The topological polar surface area (TPSA) is 44.7 Å². The third kappa shape index (κ3) is 2.99. The molecule has 0 amide bonds. The van der Waals surface area contributed by atoms with E-state index in [1.807, 2.05) is 0 Å². The van der Waals surface area contributed by atoms with Gasteiger partial charge in [-0.2, -0.15) is 13.2 Å². The Kier molecular flexibility index (Phi) is 4.39. The molecule has 0 bridgehead atoms. The van der Waals surface area contributed by atoms with Gasteiger partial charge in [-0.05, 0) is 6.07 Å². The first kappa shape index (κ1) is 14.9. The number of aromatic hydroxyl groups is 1. The molecule has 0 aromatic heterocycles. The fourth-order valence-corrected chi connectivity index (χ4v) is 2.45. The van der Waals surface area contributed by atoms with Crippen LogP contribution in [0.4, 0.5) is 13.2 Å². The van der Waals surface area contributed by atoms with E-state index < -0.39 is 18.0 Å². The van der Waals surface area contributed by atoms with Gasteiger partial charge in [0.1, 0.15) is 6.04 Å². The first-order valence-corrected chi connectivity index (χ1v) is 6.32. The van der Waals surface area contributed by atoms with Crippen LogP contribution in [0.1, 0.15) is 11.6 Å². The van der Waals surface area contributed by atoms with Gasteiger partial charge < -0.3 is 15.2 Å². The van der Waals surface area contributed by atoms with Gasteiger partial charge in [-0.3, -0.25) is 4.90 Å². The van der Waals surface area contributed by atoms with E-state index >= 15 is 0 Å². The predicted octanol–water partition coefficient (Wildman–Crippen LogP) is 1.91. The molecule has 1 heterocycles. The molecule has 1 aliphatic rings. The number of benzene rings is 1. The summed E-state index contributed by atoms with van der Waals surface area (Å²) < 4.78 is 45.1. The first-order chi connectivity index (χ1) is 9.45. The normalized spacial score (nSPS) is 18.8. The number of piperazine rings is 1. The molecule has 1 aromatic carbocycles. The molecule has 0 spiro atoms. The van der Waals surface area contributed by atoms with Crippen molar-refractivity contribution in [3.63, 3.8) is 0 Å². The van der Waals surface area contributed by atoms with Gasteiger partial charge in [-0.15, -0.1) is 0 Å². The van der Waals surface area contributed by atoms with Gasteiger partial charge in [-0.1, -0.05) is 12.1 Å². The number of ether oxygens (including phenoxy) is 1. The Morgan fingerprint density at radius 1 is 1.30 bits per heavy atom. The number of phenolic OH excluding ortho intramolecular Hbond substituents is 1. The first-order valence-electron chi connectivity index (χ1n) is 6.32. The monoisotopic (exact) mass is 290 g/mol. The van der Waals surface area contributed by atoms with Crippen molar-refractivity contribution in [1.29, 1.82) is 0 Å². The number of halogens is 3. The molecule has 1 aliphatic heterocycles. The molecule has 112 valence electrons. The lowest BCUT2D eigenvalue weighted by Crippen LogP contribution is -2.49. The molecule has 0 unspecified atom stereocenters. The highest BCUT2D eigenvalue weighted by Gasteiger charge is 2.46. The molecule has 0 radical (unpaired) electrons. The summed E-state index contributed by atoms with van der Waals surface area (Å²) in [6.45, 7) is 1.55. The second-order valence-corrected chi connectivity index (χ2v) is 4.63. The van der Waals surface area contributed by atoms with E-state index in [9.17, 15) is 18.3 Å². The number of hydrogen-bond donors (Lipinski definition) is 2. The van der Waals surface area contributed by atoms with Crippen LogP contribution >= 0.6 is 0 Å². The third-order valence-electron chi connectivity index (χ3n) is 3.37. The molecule has 0 aliphatic carbocycles. The predicted molar refractivity (Wildman–Crippen MR) is 67.9 cm³/mol. The summed E-state index contributed by atoms with van der Waals surface area (Å²) >= 11 is 0. The van der Waals surface area contributed by atoms with Gasteiger partial charge in [0.2, 0.25) is 0 Å². The van der Waals surface area contributed by atoms with Crippen LogP contribution in [0, 0.1) is 0 Å². The van der Waals surface area contributed by atoms with E-state index in [4.69, 9.17) is 4.74 Å². The summed E-state index contributed by atoms with van der Waals surface area (Å²) in [5, 5.41) is 13.0. The highest BCUT2D eigenvalue weighted by Crippen LogP contribution is 2.44. The van der Waals surface area contributed by atoms with Gasteiger partial charge in [0, 0.05) is 31.7 Å². The number of methoxy groups -OCH3 is 1. The number of rotatable bonds is 3. The quantitative estimate of drug-likeness (QED) is 0.892. The van der Waals surface area contributed by atoms with Crippen molar-refractivity contribution in [3.05, 3.63) is 23.8 Å². The summed E-state index contributed by atoms with van der Waals surface area (Å²) in [5.41, 5.74) is -0.168. The molecular formula is C13H17F3N2O2. The molecule has 1 saturated heterocycles. The van der Waals surface area contributed by atoms with Crippen LogP contribution in [0.2, 0.25) is 0 Å². The van der Waals surface area contributed by atoms with Crippen LogP contribution in [0.25, 0.3) is 0 Å². The van der Waals surface area contributed by atoms with Crippen molar-refractivity contribution >= 4 is 0 Å². The average Bonchev–Trinajstić information content (AvgIpc) is 2.41. The molecule has 4 nitrogen and oxygen atoms in total. The zero-order chi connectivity index (χ0) is 14.8. The molecule has 20 heavy (non-hydrogen) atoms. The fraction of sp³-hybridized carbons (Fsp3) is 0.538. The Morgan fingerprint density at radius 2 is 1.95 bits per heavy atom. The molecule has 2 N–H and O–H groups in total. The number of para-hydroxylation sites is 1. The molecule has 7 heteroatoms. The largest absolute Gasteiger partial charge is 0.504 e. The van der Waals surface area contributed by atoms with E-state index in [1.165, 1.54) is 30.2 Å². The molecule has 0 saturated carbocycles. The molecule has 1 fully saturated rings. The lowest BCUT2D eigenvalue weighted by atomic mass is 10.0. The van der Waals surface area contributed by atoms with Crippen LogP contribution in [-0.2, 0) is 0 Å². The summed E-state index contributed by atoms with van der Waals surface area (Å²) in [6, 6.07) is 2.36. The van der Waals surface area contributed by atoms with E-state index in [-0.39, 0.29) is 24.4 Å². The van der Waals surface area contributed by atoms with Gasteiger partial charge in [0.15, 0.2) is 11.5 Å². The van der Waals surface area contributed by atoms with Crippen LogP contribution in [0.3, 0.4) is 0 Å². The summed E-state index contributed by atoms with van der Waals surface area (Å²) in [5.74, 6) is -0.400. The zero-order valence-corrected chi connectivity index (χ0v) is 11.1. The Morgan fingerprint density at radius 3 is 2.50 bits per heavy atom. The van der Waals surface area contributed by atoms with Crippen molar-refractivity contribution in [1.82, 2.24) is 10.2 Å². The average molecular weight is 290 g/mol. The highest BCUT2D eigenvalue weighted by molar-refractivity contribution is 5.47. The van der Waals surface area contributed by atoms with Crippen LogP contribution in [-0.4, -0.2) is 49.5 Å². The lowest BCUT2D eigenvalue weighted by Gasteiger charge is -2.36. The summed E-state index contributed by atoms with van der Waals surface area (Å²) in [6.07, 6.45) is -4.46. The maximum absolute atomic E-state index is 13.4. The number of nitrogens with zero attached hydrogens (tertiary/aromatic N) is 1. The molecule has 2 rings (SSSR count). The molecule has 1 atom stereocenters.